The Bertz CT molecular complexity index is 1050. The largest absolute Gasteiger partial charge is 0.456 e. The van der Waals surface area contributed by atoms with E-state index < -0.39 is 6.10 Å². The standard InChI is InChI=1S/C20H14O3/c21-19(13-6-2-1-3-7-13)14-10-11-16-18(12-14)23-17-9-5-4-8-15(17)20(16)22/h1-12,19,21H/t19-/m1/s1. The highest BCUT2D eigenvalue weighted by molar-refractivity contribution is 5.89. The van der Waals surface area contributed by atoms with Crippen molar-refractivity contribution in [2.75, 3.05) is 0 Å². The molecule has 4 rings (SSSR count). The Hall–Kier alpha value is -2.91. The fraction of sp³-hybridized carbons (Fsp3) is 0.0500. The molecular formula is C20H14O3. The molecule has 1 heterocycles. The first kappa shape index (κ1) is 13.7. The summed E-state index contributed by atoms with van der Waals surface area (Å²) in [6, 6.07) is 21.8. The van der Waals surface area contributed by atoms with Crippen molar-refractivity contribution in [2.45, 2.75) is 6.10 Å². The zero-order valence-electron chi connectivity index (χ0n) is 12.3. The van der Waals surface area contributed by atoms with Crippen LogP contribution in [0.15, 0.2) is 82.0 Å². The topological polar surface area (TPSA) is 50.4 Å². The molecule has 0 aliphatic heterocycles. The SMILES string of the molecule is O=c1c2ccccc2oc2cc([C@H](O)c3ccccc3)ccc12. The first-order chi connectivity index (χ1) is 11.2. The summed E-state index contributed by atoms with van der Waals surface area (Å²) in [6.45, 7) is 0. The van der Waals surface area contributed by atoms with Crippen LogP contribution in [-0.4, -0.2) is 5.11 Å². The summed E-state index contributed by atoms with van der Waals surface area (Å²) in [4.78, 5) is 12.5. The van der Waals surface area contributed by atoms with E-state index in [1.165, 1.54) is 0 Å². The average molecular weight is 302 g/mol. The minimum Gasteiger partial charge on any atom is -0.456 e. The molecule has 112 valence electrons. The van der Waals surface area contributed by atoms with E-state index in [1.807, 2.05) is 42.5 Å². The molecule has 1 aromatic heterocycles. The van der Waals surface area contributed by atoms with E-state index in [2.05, 4.69) is 0 Å². The van der Waals surface area contributed by atoms with Gasteiger partial charge in [0, 0.05) is 0 Å². The summed E-state index contributed by atoms with van der Waals surface area (Å²) in [5.41, 5.74) is 2.48. The van der Waals surface area contributed by atoms with Gasteiger partial charge in [0.1, 0.15) is 17.3 Å². The third kappa shape index (κ3) is 2.31. The fourth-order valence-electron chi connectivity index (χ4n) is 2.82. The molecule has 0 spiro atoms. The Morgan fingerprint density at radius 1 is 0.739 bits per heavy atom. The van der Waals surface area contributed by atoms with Crippen molar-refractivity contribution in [2.24, 2.45) is 0 Å². The van der Waals surface area contributed by atoms with Crippen molar-refractivity contribution in [3.63, 3.8) is 0 Å². The first-order valence-corrected chi connectivity index (χ1v) is 7.42. The van der Waals surface area contributed by atoms with Crippen LogP contribution >= 0.6 is 0 Å². The van der Waals surface area contributed by atoms with Crippen LogP contribution in [0.4, 0.5) is 0 Å². The molecule has 3 aromatic carbocycles. The van der Waals surface area contributed by atoms with Gasteiger partial charge < -0.3 is 9.52 Å². The first-order valence-electron chi connectivity index (χ1n) is 7.42. The van der Waals surface area contributed by atoms with E-state index in [0.717, 1.165) is 5.56 Å². The molecular weight excluding hydrogens is 288 g/mol. The zero-order valence-corrected chi connectivity index (χ0v) is 12.3. The lowest BCUT2D eigenvalue weighted by molar-refractivity contribution is 0.220. The van der Waals surface area contributed by atoms with Gasteiger partial charge in [-0.15, -0.1) is 0 Å². The lowest BCUT2D eigenvalue weighted by Crippen LogP contribution is -2.04. The number of hydrogen-bond donors (Lipinski definition) is 1. The van der Waals surface area contributed by atoms with Crippen molar-refractivity contribution >= 4 is 21.9 Å². The van der Waals surface area contributed by atoms with Crippen LogP contribution in [-0.2, 0) is 0 Å². The molecule has 4 aromatic rings. The number of aliphatic hydroxyl groups is 1. The number of aliphatic hydroxyl groups excluding tert-OH is 1. The smallest absolute Gasteiger partial charge is 0.200 e. The second kappa shape index (κ2) is 5.38. The van der Waals surface area contributed by atoms with Crippen LogP contribution in [0.3, 0.4) is 0 Å². The van der Waals surface area contributed by atoms with E-state index >= 15 is 0 Å². The monoisotopic (exact) mass is 302 g/mol. The van der Waals surface area contributed by atoms with Crippen molar-refractivity contribution in [1.82, 2.24) is 0 Å². The Morgan fingerprint density at radius 3 is 2.26 bits per heavy atom. The maximum atomic E-state index is 12.5. The molecule has 0 radical (unpaired) electrons. The van der Waals surface area contributed by atoms with Gasteiger partial charge in [0.2, 0.25) is 5.43 Å². The van der Waals surface area contributed by atoms with Gasteiger partial charge in [0.05, 0.1) is 10.8 Å². The Morgan fingerprint density at radius 2 is 1.43 bits per heavy atom. The minimum atomic E-state index is -0.752. The molecule has 0 aliphatic carbocycles. The van der Waals surface area contributed by atoms with Gasteiger partial charge in [-0.3, -0.25) is 4.79 Å². The maximum Gasteiger partial charge on any atom is 0.200 e. The molecule has 0 amide bonds. The fourth-order valence-corrected chi connectivity index (χ4v) is 2.82. The summed E-state index contributed by atoms with van der Waals surface area (Å²) < 4.78 is 5.84. The van der Waals surface area contributed by atoms with Crippen LogP contribution in [0.1, 0.15) is 17.2 Å². The summed E-state index contributed by atoms with van der Waals surface area (Å²) in [5.74, 6) is 0. The van der Waals surface area contributed by atoms with Gasteiger partial charge in [0.15, 0.2) is 0 Å². The van der Waals surface area contributed by atoms with Gasteiger partial charge in [-0.1, -0.05) is 48.5 Å². The highest BCUT2D eigenvalue weighted by Crippen LogP contribution is 2.26. The Balaban J connectivity index is 1.91. The molecule has 0 aliphatic rings. The predicted molar refractivity (Wildman–Crippen MR) is 90.5 cm³/mol. The third-order valence-electron chi connectivity index (χ3n) is 4.03. The zero-order chi connectivity index (χ0) is 15.8. The van der Waals surface area contributed by atoms with Gasteiger partial charge in [-0.25, -0.2) is 0 Å². The normalized spacial score (nSPS) is 12.6. The molecule has 3 heteroatoms. The number of para-hydroxylation sites is 1. The van der Waals surface area contributed by atoms with E-state index in [-0.39, 0.29) is 5.43 Å². The highest BCUT2D eigenvalue weighted by Gasteiger charge is 2.13. The van der Waals surface area contributed by atoms with Crippen molar-refractivity contribution in [3.8, 4) is 0 Å². The van der Waals surface area contributed by atoms with Gasteiger partial charge >= 0.3 is 0 Å². The summed E-state index contributed by atoms with van der Waals surface area (Å²) in [5, 5.41) is 11.6. The average Bonchev–Trinajstić information content (AvgIpc) is 2.61. The molecule has 3 nitrogen and oxygen atoms in total. The number of benzene rings is 3. The van der Waals surface area contributed by atoms with Crippen LogP contribution in [0.5, 0.6) is 0 Å². The third-order valence-corrected chi connectivity index (χ3v) is 4.03. The van der Waals surface area contributed by atoms with Gasteiger partial charge in [-0.05, 0) is 35.4 Å². The van der Waals surface area contributed by atoms with Crippen LogP contribution < -0.4 is 5.43 Å². The molecule has 0 unspecified atom stereocenters. The summed E-state index contributed by atoms with van der Waals surface area (Å²) in [6.07, 6.45) is -0.752. The van der Waals surface area contributed by atoms with E-state index in [9.17, 15) is 9.90 Å². The molecule has 23 heavy (non-hydrogen) atoms. The number of rotatable bonds is 2. The number of hydrogen-bond acceptors (Lipinski definition) is 3. The van der Waals surface area contributed by atoms with E-state index in [1.54, 1.807) is 30.3 Å². The van der Waals surface area contributed by atoms with Gasteiger partial charge in [0.25, 0.3) is 0 Å². The molecule has 0 fully saturated rings. The molecule has 1 N–H and O–H groups in total. The van der Waals surface area contributed by atoms with Crippen molar-refractivity contribution in [3.05, 3.63) is 94.1 Å². The van der Waals surface area contributed by atoms with E-state index in [4.69, 9.17) is 4.42 Å². The molecule has 0 saturated heterocycles. The predicted octanol–water partition coefficient (Wildman–Crippen LogP) is 4.03. The Kier molecular flexibility index (Phi) is 3.21. The summed E-state index contributed by atoms with van der Waals surface area (Å²) >= 11 is 0. The lowest BCUT2D eigenvalue weighted by Gasteiger charge is -2.12. The Labute approximate surface area is 132 Å². The highest BCUT2D eigenvalue weighted by atomic mass is 16.3. The van der Waals surface area contributed by atoms with Crippen LogP contribution in [0.25, 0.3) is 21.9 Å². The second-order valence-electron chi connectivity index (χ2n) is 5.50. The quantitative estimate of drug-likeness (QED) is 0.569. The second-order valence-corrected chi connectivity index (χ2v) is 5.50. The minimum absolute atomic E-state index is 0.0531. The lowest BCUT2D eigenvalue weighted by atomic mass is 10.00. The van der Waals surface area contributed by atoms with Crippen molar-refractivity contribution in [1.29, 1.82) is 0 Å². The van der Waals surface area contributed by atoms with Gasteiger partial charge in [-0.2, -0.15) is 0 Å². The van der Waals surface area contributed by atoms with E-state index in [0.29, 0.717) is 27.5 Å². The molecule has 0 bridgehead atoms. The van der Waals surface area contributed by atoms with Crippen LogP contribution in [0.2, 0.25) is 0 Å². The summed E-state index contributed by atoms with van der Waals surface area (Å²) in [7, 11) is 0. The van der Waals surface area contributed by atoms with Crippen molar-refractivity contribution < 1.29 is 9.52 Å². The molecule has 0 saturated carbocycles. The number of fused-ring (bicyclic) bond motifs is 2. The van der Waals surface area contributed by atoms with Crippen LogP contribution in [0, 0.1) is 0 Å². The maximum absolute atomic E-state index is 12.5. The molecule has 1 atom stereocenters.